The van der Waals surface area contributed by atoms with Crippen LogP contribution in [-0.2, 0) is 0 Å². The second-order valence-corrected chi connectivity index (χ2v) is 3.94. The molecular weight excluding hydrogens is 242 g/mol. The van der Waals surface area contributed by atoms with E-state index in [4.69, 9.17) is 4.74 Å². The molecule has 0 spiro atoms. The molecule has 6 nitrogen and oxygen atoms in total. The zero-order valence-corrected chi connectivity index (χ0v) is 10.3. The van der Waals surface area contributed by atoms with E-state index in [0.29, 0.717) is 11.6 Å². The highest BCUT2D eigenvalue weighted by atomic mass is 16.5. The molecule has 0 bridgehead atoms. The Morgan fingerprint density at radius 1 is 1.16 bits per heavy atom. The van der Waals surface area contributed by atoms with Crippen LogP contribution in [0.3, 0.4) is 0 Å². The molecule has 2 heterocycles. The number of benzene rings is 1. The maximum absolute atomic E-state index is 5.69. The first-order valence-electron chi connectivity index (χ1n) is 5.74. The van der Waals surface area contributed by atoms with Gasteiger partial charge in [-0.25, -0.2) is 14.6 Å². The summed E-state index contributed by atoms with van der Waals surface area (Å²) in [4.78, 5) is 8.09. The van der Waals surface area contributed by atoms with Gasteiger partial charge in [0.25, 0.3) is 0 Å². The summed E-state index contributed by atoms with van der Waals surface area (Å²) in [6.07, 6.45) is 4.88. The first kappa shape index (κ1) is 11.3. The van der Waals surface area contributed by atoms with Crippen LogP contribution in [0.25, 0.3) is 5.69 Å². The fraction of sp³-hybridized carbons (Fsp3) is 0.0769. The minimum absolute atomic E-state index is 0.517. The highest BCUT2D eigenvalue weighted by molar-refractivity contribution is 5.39. The zero-order valence-electron chi connectivity index (χ0n) is 10.3. The molecule has 94 valence electrons. The van der Waals surface area contributed by atoms with Gasteiger partial charge in [0, 0.05) is 17.8 Å². The molecule has 6 heteroatoms. The van der Waals surface area contributed by atoms with E-state index in [1.54, 1.807) is 23.1 Å². The van der Waals surface area contributed by atoms with Crippen molar-refractivity contribution in [2.24, 2.45) is 0 Å². The van der Waals surface area contributed by atoms with Crippen LogP contribution in [0.5, 0.6) is 11.6 Å². The van der Waals surface area contributed by atoms with Crippen molar-refractivity contribution in [1.82, 2.24) is 25.0 Å². The lowest BCUT2D eigenvalue weighted by atomic mass is 10.3. The Labute approximate surface area is 109 Å². The van der Waals surface area contributed by atoms with Crippen LogP contribution in [0.15, 0.2) is 49.1 Å². The molecule has 0 saturated heterocycles. The van der Waals surface area contributed by atoms with E-state index in [1.165, 1.54) is 6.33 Å². The SMILES string of the molecule is Cc1cc(Oc2cccc(-n3ccnn3)c2)ncn1. The summed E-state index contributed by atoms with van der Waals surface area (Å²) in [5, 5.41) is 7.71. The van der Waals surface area contributed by atoms with Crippen molar-refractivity contribution in [3.05, 3.63) is 54.7 Å². The lowest BCUT2D eigenvalue weighted by Gasteiger charge is -2.06. The van der Waals surface area contributed by atoms with Gasteiger partial charge in [-0.2, -0.15) is 0 Å². The van der Waals surface area contributed by atoms with Gasteiger partial charge in [0.1, 0.15) is 12.1 Å². The van der Waals surface area contributed by atoms with Crippen LogP contribution in [-0.4, -0.2) is 25.0 Å². The van der Waals surface area contributed by atoms with Crippen molar-refractivity contribution in [1.29, 1.82) is 0 Å². The molecule has 0 unspecified atom stereocenters. The molecule has 1 aromatic carbocycles. The standard InChI is InChI=1S/C13H11N5O/c1-10-7-13(15-9-14-10)19-12-4-2-3-11(8-12)18-6-5-16-17-18/h2-9H,1H3. The Balaban J connectivity index is 1.88. The summed E-state index contributed by atoms with van der Waals surface area (Å²) in [6.45, 7) is 1.89. The summed E-state index contributed by atoms with van der Waals surface area (Å²) in [7, 11) is 0. The van der Waals surface area contributed by atoms with Gasteiger partial charge in [0.2, 0.25) is 5.88 Å². The topological polar surface area (TPSA) is 65.7 Å². The molecular formula is C13H11N5O. The first-order chi connectivity index (χ1) is 9.31. The van der Waals surface area contributed by atoms with Gasteiger partial charge in [-0.1, -0.05) is 11.3 Å². The maximum Gasteiger partial charge on any atom is 0.222 e. The first-order valence-corrected chi connectivity index (χ1v) is 5.74. The van der Waals surface area contributed by atoms with Crippen LogP contribution < -0.4 is 4.74 Å². The van der Waals surface area contributed by atoms with E-state index in [-0.39, 0.29) is 0 Å². The molecule has 0 aliphatic carbocycles. The minimum atomic E-state index is 0.517. The maximum atomic E-state index is 5.69. The molecule has 0 amide bonds. The molecule has 0 aliphatic heterocycles. The average Bonchev–Trinajstić information content (AvgIpc) is 2.93. The zero-order chi connectivity index (χ0) is 13.1. The third-order valence-corrected chi connectivity index (χ3v) is 2.51. The number of rotatable bonds is 3. The summed E-state index contributed by atoms with van der Waals surface area (Å²) in [6, 6.07) is 9.32. The minimum Gasteiger partial charge on any atom is -0.439 e. The Bertz CT molecular complexity index is 681. The normalized spacial score (nSPS) is 10.4. The molecule has 19 heavy (non-hydrogen) atoms. The van der Waals surface area contributed by atoms with Crippen LogP contribution in [0.4, 0.5) is 0 Å². The number of hydrogen-bond acceptors (Lipinski definition) is 5. The highest BCUT2D eigenvalue weighted by Crippen LogP contribution is 2.21. The Hall–Kier alpha value is -2.76. The average molecular weight is 253 g/mol. The second kappa shape index (κ2) is 4.85. The lowest BCUT2D eigenvalue weighted by Crippen LogP contribution is -1.96. The number of aromatic nitrogens is 5. The van der Waals surface area contributed by atoms with Gasteiger partial charge in [0.15, 0.2) is 0 Å². The van der Waals surface area contributed by atoms with Gasteiger partial charge >= 0.3 is 0 Å². The Morgan fingerprint density at radius 2 is 2.11 bits per heavy atom. The van der Waals surface area contributed by atoms with Crippen molar-refractivity contribution >= 4 is 0 Å². The quantitative estimate of drug-likeness (QED) is 0.715. The third-order valence-electron chi connectivity index (χ3n) is 2.51. The third kappa shape index (κ3) is 2.57. The fourth-order valence-corrected chi connectivity index (χ4v) is 1.64. The predicted molar refractivity (Wildman–Crippen MR) is 68.2 cm³/mol. The van der Waals surface area contributed by atoms with Crippen LogP contribution in [0, 0.1) is 6.92 Å². The van der Waals surface area contributed by atoms with Crippen molar-refractivity contribution in [2.75, 3.05) is 0 Å². The summed E-state index contributed by atoms with van der Waals surface area (Å²) >= 11 is 0. The lowest BCUT2D eigenvalue weighted by molar-refractivity contribution is 0.460. The van der Waals surface area contributed by atoms with Crippen LogP contribution in [0.2, 0.25) is 0 Å². The summed E-state index contributed by atoms with van der Waals surface area (Å²) in [5.74, 6) is 1.20. The van der Waals surface area contributed by atoms with E-state index in [0.717, 1.165) is 11.4 Å². The van der Waals surface area contributed by atoms with Gasteiger partial charge in [-0.05, 0) is 19.1 Å². The number of aryl methyl sites for hydroxylation is 1. The van der Waals surface area contributed by atoms with Gasteiger partial charge < -0.3 is 4.74 Å². The van der Waals surface area contributed by atoms with Crippen molar-refractivity contribution in [2.45, 2.75) is 6.92 Å². The Kier molecular flexibility index (Phi) is 2.89. The summed E-state index contributed by atoms with van der Waals surface area (Å²) in [5.41, 5.74) is 1.73. The molecule has 0 fully saturated rings. The predicted octanol–water partition coefficient (Wildman–Crippen LogP) is 2.16. The molecule has 0 atom stereocenters. The van der Waals surface area contributed by atoms with E-state index in [1.807, 2.05) is 31.2 Å². The van der Waals surface area contributed by atoms with Gasteiger partial charge in [-0.3, -0.25) is 0 Å². The van der Waals surface area contributed by atoms with E-state index < -0.39 is 0 Å². The molecule has 0 N–H and O–H groups in total. The number of hydrogen-bond donors (Lipinski definition) is 0. The smallest absolute Gasteiger partial charge is 0.222 e. The molecule has 0 radical (unpaired) electrons. The molecule has 3 rings (SSSR count). The van der Waals surface area contributed by atoms with E-state index in [2.05, 4.69) is 20.3 Å². The fourth-order valence-electron chi connectivity index (χ4n) is 1.64. The highest BCUT2D eigenvalue weighted by Gasteiger charge is 2.02. The number of nitrogens with zero attached hydrogens (tertiary/aromatic N) is 5. The number of ether oxygens (including phenoxy) is 1. The Morgan fingerprint density at radius 3 is 2.89 bits per heavy atom. The second-order valence-electron chi connectivity index (χ2n) is 3.94. The molecule has 0 aliphatic rings. The monoisotopic (exact) mass is 253 g/mol. The van der Waals surface area contributed by atoms with E-state index >= 15 is 0 Å². The molecule has 0 saturated carbocycles. The van der Waals surface area contributed by atoms with Crippen LogP contribution >= 0.6 is 0 Å². The van der Waals surface area contributed by atoms with Gasteiger partial charge in [-0.15, -0.1) is 5.10 Å². The van der Waals surface area contributed by atoms with E-state index in [9.17, 15) is 0 Å². The van der Waals surface area contributed by atoms with Gasteiger partial charge in [0.05, 0.1) is 18.1 Å². The molecule has 3 aromatic rings. The van der Waals surface area contributed by atoms with Crippen molar-refractivity contribution in [3.63, 3.8) is 0 Å². The van der Waals surface area contributed by atoms with Crippen LogP contribution in [0.1, 0.15) is 5.69 Å². The van der Waals surface area contributed by atoms with Crippen molar-refractivity contribution < 1.29 is 4.74 Å². The van der Waals surface area contributed by atoms with Crippen molar-refractivity contribution in [3.8, 4) is 17.3 Å². The molecule has 2 aromatic heterocycles. The summed E-state index contributed by atoms with van der Waals surface area (Å²) < 4.78 is 7.35. The largest absolute Gasteiger partial charge is 0.439 e.